The van der Waals surface area contributed by atoms with Crippen LogP contribution in [0.3, 0.4) is 0 Å². The number of benzene rings is 1. The lowest BCUT2D eigenvalue weighted by Gasteiger charge is -2.06. The third kappa shape index (κ3) is 5.56. The number of aryl methyl sites for hydroxylation is 1. The molecule has 0 bridgehead atoms. The van der Waals surface area contributed by atoms with Crippen LogP contribution in [0.1, 0.15) is 34.2 Å². The molecule has 25 heavy (non-hydrogen) atoms. The fourth-order valence-electron chi connectivity index (χ4n) is 2.16. The molecule has 0 aliphatic carbocycles. The summed E-state index contributed by atoms with van der Waals surface area (Å²) in [5, 5.41) is 6.30. The topological polar surface area (TPSA) is 80.3 Å². The largest absolute Gasteiger partial charge is 0.497 e. The van der Waals surface area contributed by atoms with Crippen LogP contribution >= 0.6 is 11.3 Å². The molecule has 0 spiro atoms. The van der Waals surface area contributed by atoms with E-state index >= 15 is 0 Å². The van der Waals surface area contributed by atoms with Crippen molar-refractivity contribution in [3.05, 3.63) is 39.8 Å². The number of aromatic nitrogens is 1. The van der Waals surface area contributed by atoms with Gasteiger partial charge in [0.15, 0.2) is 0 Å². The zero-order valence-electron chi connectivity index (χ0n) is 14.9. The minimum atomic E-state index is -0.184. The Morgan fingerprint density at radius 1 is 1.32 bits per heavy atom. The summed E-state index contributed by atoms with van der Waals surface area (Å²) < 4.78 is 5.13. The Labute approximate surface area is 151 Å². The first kappa shape index (κ1) is 18.9. The summed E-state index contributed by atoms with van der Waals surface area (Å²) in [7, 11) is 1.57. The van der Waals surface area contributed by atoms with E-state index in [0.29, 0.717) is 39.5 Å². The summed E-state index contributed by atoms with van der Waals surface area (Å²) in [6.45, 7) is 6.47. The van der Waals surface area contributed by atoms with Crippen LogP contribution in [-0.2, 0) is 11.2 Å². The number of anilines is 1. The lowest BCUT2D eigenvalue weighted by Crippen LogP contribution is -2.27. The second-order valence-corrected chi connectivity index (χ2v) is 7.17. The highest BCUT2D eigenvalue weighted by Crippen LogP contribution is 2.20. The van der Waals surface area contributed by atoms with Crippen molar-refractivity contribution in [2.75, 3.05) is 19.0 Å². The Morgan fingerprint density at radius 2 is 2.08 bits per heavy atom. The van der Waals surface area contributed by atoms with E-state index in [1.165, 1.54) is 11.3 Å². The molecule has 134 valence electrons. The molecule has 2 amide bonds. The minimum absolute atomic E-state index is 0.125. The van der Waals surface area contributed by atoms with Gasteiger partial charge < -0.3 is 15.4 Å². The Hall–Kier alpha value is -2.41. The molecule has 0 fully saturated rings. The maximum atomic E-state index is 12.2. The van der Waals surface area contributed by atoms with E-state index in [-0.39, 0.29) is 18.2 Å². The molecule has 6 nitrogen and oxygen atoms in total. The Kier molecular flexibility index (Phi) is 6.52. The maximum absolute atomic E-state index is 12.2. The molecule has 0 aliphatic rings. The minimum Gasteiger partial charge on any atom is -0.497 e. The van der Waals surface area contributed by atoms with Gasteiger partial charge in [0, 0.05) is 18.3 Å². The highest BCUT2D eigenvalue weighted by Gasteiger charge is 2.17. The molecule has 0 saturated heterocycles. The molecular formula is C18H23N3O3S. The third-order valence-electron chi connectivity index (χ3n) is 3.38. The van der Waals surface area contributed by atoms with Gasteiger partial charge in [-0.3, -0.25) is 9.59 Å². The number of nitrogens with one attached hydrogen (secondary N) is 2. The molecule has 2 rings (SSSR count). The monoisotopic (exact) mass is 361 g/mol. The Bertz CT molecular complexity index is 756. The average Bonchev–Trinajstić information content (AvgIpc) is 2.92. The van der Waals surface area contributed by atoms with Gasteiger partial charge in [-0.05, 0) is 25.0 Å². The SMILES string of the molecule is COc1cccc(NC(=O)Cc2nc(C)c(C(=O)NCC(C)C)s2)c1. The fourth-order valence-corrected chi connectivity index (χ4v) is 3.14. The van der Waals surface area contributed by atoms with Crippen LogP contribution in [0.25, 0.3) is 0 Å². The van der Waals surface area contributed by atoms with E-state index in [9.17, 15) is 9.59 Å². The molecule has 1 aromatic carbocycles. The van der Waals surface area contributed by atoms with Crippen molar-refractivity contribution < 1.29 is 14.3 Å². The number of amides is 2. The first-order valence-electron chi connectivity index (χ1n) is 8.07. The molecule has 2 N–H and O–H groups in total. The number of nitrogens with zero attached hydrogens (tertiary/aromatic N) is 1. The van der Waals surface area contributed by atoms with Crippen molar-refractivity contribution in [3.63, 3.8) is 0 Å². The van der Waals surface area contributed by atoms with E-state index in [1.807, 2.05) is 19.9 Å². The van der Waals surface area contributed by atoms with Crippen molar-refractivity contribution in [2.45, 2.75) is 27.2 Å². The predicted molar refractivity (Wildman–Crippen MR) is 99.3 cm³/mol. The summed E-state index contributed by atoms with van der Waals surface area (Å²) >= 11 is 1.26. The summed E-state index contributed by atoms with van der Waals surface area (Å²) in [6, 6.07) is 7.15. The van der Waals surface area contributed by atoms with Crippen molar-refractivity contribution in [2.24, 2.45) is 5.92 Å². The summed E-state index contributed by atoms with van der Waals surface area (Å²) in [4.78, 5) is 29.3. The highest BCUT2D eigenvalue weighted by molar-refractivity contribution is 7.13. The van der Waals surface area contributed by atoms with Gasteiger partial charge in [-0.2, -0.15) is 0 Å². The van der Waals surface area contributed by atoms with Crippen LogP contribution in [0.5, 0.6) is 5.75 Å². The molecule has 0 unspecified atom stereocenters. The standard InChI is InChI=1S/C18H23N3O3S/c1-11(2)10-19-18(23)17-12(3)20-16(25-17)9-15(22)21-13-6-5-7-14(8-13)24-4/h5-8,11H,9-10H2,1-4H3,(H,19,23)(H,21,22). The van der Waals surface area contributed by atoms with E-state index in [1.54, 1.807) is 32.2 Å². The number of thiazole rings is 1. The number of ether oxygens (including phenoxy) is 1. The van der Waals surface area contributed by atoms with Gasteiger partial charge in [0.25, 0.3) is 5.91 Å². The van der Waals surface area contributed by atoms with Gasteiger partial charge in [-0.15, -0.1) is 11.3 Å². The van der Waals surface area contributed by atoms with Gasteiger partial charge in [-0.25, -0.2) is 4.98 Å². The van der Waals surface area contributed by atoms with Gasteiger partial charge in [-0.1, -0.05) is 19.9 Å². The molecule has 0 atom stereocenters. The Balaban J connectivity index is 1.99. The van der Waals surface area contributed by atoms with Crippen molar-refractivity contribution in [3.8, 4) is 5.75 Å². The third-order valence-corrected chi connectivity index (χ3v) is 4.54. The summed E-state index contributed by atoms with van der Waals surface area (Å²) in [6.07, 6.45) is 0.125. The van der Waals surface area contributed by atoms with E-state index in [2.05, 4.69) is 15.6 Å². The smallest absolute Gasteiger partial charge is 0.263 e. The molecule has 7 heteroatoms. The van der Waals surface area contributed by atoms with Gasteiger partial charge in [0.1, 0.15) is 15.6 Å². The molecular weight excluding hydrogens is 338 g/mol. The molecule has 1 aromatic heterocycles. The zero-order chi connectivity index (χ0) is 18.4. The van der Waals surface area contributed by atoms with E-state index in [4.69, 9.17) is 4.74 Å². The van der Waals surface area contributed by atoms with Crippen LogP contribution < -0.4 is 15.4 Å². The molecule has 0 saturated carbocycles. The van der Waals surface area contributed by atoms with Crippen molar-refractivity contribution in [1.82, 2.24) is 10.3 Å². The van der Waals surface area contributed by atoms with Crippen LogP contribution in [0.2, 0.25) is 0 Å². The van der Waals surface area contributed by atoms with Gasteiger partial charge in [0.2, 0.25) is 5.91 Å². The molecule has 0 aliphatic heterocycles. The van der Waals surface area contributed by atoms with Crippen LogP contribution in [0, 0.1) is 12.8 Å². The quantitative estimate of drug-likeness (QED) is 0.794. The fraction of sp³-hybridized carbons (Fsp3) is 0.389. The molecule has 1 heterocycles. The normalized spacial score (nSPS) is 10.6. The number of methoxy groups -OCH3 is 1. The van der Waals surface area contributed by atoms with Crippen LogP contribution in [-0.4, -0.2) is 30.5 Å². The first-order chi connectivity index (χ1) is 11.9. The first-order valence-corrected chi connectivity index (χ1v) is 8.89. The maximum Gasteiger partial charge on any atom is 0.263 e. The average molecular weight is 361 g/mol. The number of rotatable bonds is 7. The van der Waals surface area contributed by atoms with Gasteiger partial charge in [0.05, 0.1) is 19.2 Å². The second kappa shape index (κ2) is 8.62. The van der Waals surface area contributed by atoms with Crippen molar-refractivity contribution in [1.29, 1.82) is 0 Å². The number of hydrogen-bond acceptors (Lipinski definition) is 5. The molecule has 2 aromatic rings. The zero-order valence-corrected chi connectivity index (χ0v) is 15.7. The Morgan fingerprint density at radius 3 is 2.76 bits per heavy atom. The van der Waals surface area contributed by atoms with E-state index in [0.717, 1.165) is 0 Å². The van der Waals surface area contributed by atoms with Crippen LogP contribution in [0.15, 0.2) is 24.3 Å². The predicted octanol–water partition coefficient (Wildman–Crippen LogP) is 3.03. The summed E-state index contributed by atoms with van der Waals surface area (Å²) in [5.74, 6) is 0.733. The lowest BCUT2D eigenvalue weighted by atomic mass is 10.2. The number of carbonyl (C=O) groups excluding carboxylic acids is 2. The van der Waals surface area contributed by atoms with Gasteiger partial charge >= 0.3 is 0 Å². The number of carbonyl (C=O) groups is 2. The highest BCUT2D eigenvalue weighted by atomic mass is 32.1. The van der Waals surface area contributed by atoms with Crippen LogP contribution in [0.4, 0.5) is 5.69 Å². The summed E-state index contributed by atoms with van der Waals surface area (Å²) in [5.41, 5.74) is 1.31. The van der Waals surface area contributed by atoms with Crippen molar-refractivity contribution >= 4 is 28.8 Å². The van der Waals surface area contributed by atoms with E-state index < -0.39 is 0 Å². The second-order valence-electron chi connectivity index (χ2n) is 6.08. The number of hydrogen-bond donors (Lipinski definition) is 2. The molecule has 0 radical (unpaired) electrons. The lowest BCUT2D eigenvalue weighted by molar-refractivity contribution is -0.115.